The lowest BCUT2D eigenvalue weighted by molar-refractivity contribution is 0.628. The number of hydrogen-bond donors (Lipinski definition) is 3. The van der Waals surface area contributed by atoms with Gasteiger partial charge in [0.15, 0.2) is 0 Å². The molecule has 0 aliphatic rings. The van der Waals surface area contributed by atoms with Gasteiger partial charge in [0.1, 0.15) is 11.5 Å². The smallest absolute Gasteiger partial charge is 0.123 e. The fourth-order valence-electron chi connectivity index (χ4n) is 4.11. The average Bonchev–Trinajstić information content (AvgIpc) is 3.50. The molecule has 0 unspecified atom stereocenters. The first-order chi connectivity index (χ1) is 17.9. The number of nitrogens with one attached hydrogen (secondary N) is 3. The predicted molar refractivity (Wildman–Crippen MR) is 149 cm³/mol. The Bertz CT molecular complexity index is 1760. The van der Waals surface area contributed by atoms with Crippen LogP contribution in [0.5, 0.6) is 0 Å². The van der Waals surface area contributed by atoms with Gasteiger partial charge in [-0.3, -0.25) is 15.1 Å². The number of aromatic nitrogens is 5. The van der Waals surface area contributed by atoms with Gasteiger partial charge >= 0.3 is 0 Å². The van der Waals surface area contributed by atoms with Crippen molar-refractivity contribution in [1.29, 1.82) is 0 Å². The summed E-state index contributed by atoms with van der Waals surface area (Å²) in [6.07, 6.45) is 10.1. The van der Waals surface area contributed by atoms with Crippen LogP contribution >= 0.6 is 0 Å². The Kier molecular flexibility index (Phi) is 6.51. The number of allylic oxidation sites excluding steroid dienone is 3. The lowest BCUT2D eigenvalue weighted by atomic mass is 10.1. The van der Waals surface area contributed by atoms with E-state index in [0.29, 0.717) is 11.4 Å². The van der Waals surface area contributed by atoms with E-state index in [1.807, 2.05) is 49.5 Å². The van der Waals surface area contributed by atoms with Crippen LogP contribution in [-0.4, -0.2) is 25.1 Å². The topological polar surface area (TPSA) is 82.3 Å². The quantitative estimate of drug-likeness (QED) is 0.270. The lowest BCUT2D eigenvalue weighted by Gasteiger charge is -2.08. The lowest BCUT2D eigenvalue weighted by Crippen LogP contribution is -2.21. The van der Waals surface area contributed by atoms with Crippen LogP contribution in [0, 0.1) is 5.82 Å². The zero-order valence-electron chi connectivity index (χ0n) is 20.8. The standard InChI is InChI=1S/C30H27FN6/c1-5-19(3)34-24-14-22(16-32-17-24)18(2)9-10-26-20(4)29(37-36-26)28-15-25-27(35-28)11-12-33-30(25)21-7-6-8-23(31)13-21/h6-17,34-36H,3-5H2,1-2H3/b18-9+,26-10+. The zero-order valence-corrected chi connectivity index (χ0v) is 20.8. The second-order valence-electron chi connectivity index (χ2n) is 8.84. The second kappa shape index (κ2) is 10.1. The molecule has 1 aromatic carbocycles. The molecule has 184 valence electrons. The third kappa shape index (κ3) is 4.97. The molecule has 0 spiro atoms. The van der Waals surface area contributed by atoms with Crippen LogP contribution in [0.2, 0.25) is 0 Å². The summed E-state index contributed by atoms with van der Waals surface area (Å²) in [5.74, 6) is -0.298. The Morgan fingerprint density at radius 3 is 2.81 bits per heavy atom. The van der Waals surface area contributed by atoms with Crippen molar-refractivity contribution in [2.45, 2.75) is 20.3 Å². The Labute approximate surface area is 214 Å². The molecule has 0 saturated heterocycles. The summed E-state index contributed by atoms with van der Waals surface area (Å²) in [5.41, 5.74) is 7.73. The number of pyridine rings is 2. The number of H-pyrrole nitrogens is 2. The molecule has 0 amide bonds. The first kappa shape index (κ1) is 23.9. The molecule has 0 radical (unpaired) electrons. The van der Waals surface area contributed by atoms with E-state index in [-0.39, 0.29) is 5.82 Å². The third-order valence-corrected chi connectivity index (χ3v) is 6.24. The second-order valence-corrected chi connectivity index (χ2v) is 8.84. The molecule has 0 atom stereocenters. The molecule has 3 N–H and O–H groups in total. The van der Waals surface area contributed by atoms with Gasteiger partial charge in [0.25, 0.3) is 0 Å². The molecule has 6 nitrogen and oxygen atoms in total. The summed E-state index contributed by atoms with van der Waals surface area (Å²) in [6, 6.07) is 12.4. The van der Waals surface area contributed by atoms with Gasteiger partial charge in [0.2, 0.25) is 0 Å². The molecule has 0 saturated carbocycles. The van der Waals surface area contributed by atoms with Crippen LogP contribution in [0.1, 0.15) is 25.8 Å². The summed E-state index contributed by atoms with van der Waals surface area (Å²) >= 11 is 0. The van der Waals surface area contributed by atoms with Crippen molar-refractivity contribution in [2.24, 2.45) is 0 Å². The number of aromatic amines is 2. The Morgan fingerprint density at radius 1 is 1.14 bits per heavy atom. The molecule has 0 fully saturated rings. The maximum Gasteiger partial charge on any atom is 0.123 e. The molecule has 7 heteroatoms. The first-order valence-electron chi connectivity index (χ1n) is 12.0. The minimum atomic E-state index is -0.298. The van der Waals surface area contributed by atoms with Crippen LogP contribution in [0.4, 0.5) is 10.1 Å². The fourth-order valence-corrected chi connectivity index (χ4v) is 4.11. The highest BCUT2D eigenvalue weighted by atomic mass is 19.1. The fraction of sp³-hybridized carbons (Fsp3) is 0.100. The predicted octanol–water partition coefficient (Wildman–Crippen LogP) is 5.78. The highest BCUT2D eigenvalue weighted by Crippen LogP contribution is 2.29. The van der Waals surface area contributed by atoms with Gasteiger partial charge < -0.3 is 10.3 Å². The Morgan fingerprint density at radius 2 is 2.00 bits per heavy atom. The highest BCUT2D eigenvalue weighted by Gasteiger charge is 2.13. The Hall–Kier alpha value is -4.78. The molecular formula is C30H27FN6. The van der Waals surface area contributed by atoms with E-state index in [2.05, 4.69) is 50.5 Å². The van der Waals surface area contributed by atoms with Crippen LogP contribution in [-0.2, 0) is 0 Å². The van der Waals surface area contributed by atoms with Gasteiger partial charge in [-0.1, -0.05) is 38.3 Å². The van der Waals surface area contributed by atoms with Crippen molar-refractivity contribution in [3.05, 3.63) is 101 Å². The highest BCUT2D eigenvalue weighted by molar-refractivity contribution is 5.96. The molecule has 0 aliphatic carbocycles. The van der Waals surface area contributed by atoms with E-state index < -0.39 is 0 Å². The van der Waals surface area contributed by atoms with Crippen molar-refractivity contribution in [2.75, 3.05) is 5.32 Å². The van der Waals surface area contributed by atoms with Crippen LogP contribution in [0.15, 0.2) is 79.4 Å². The molecule has 0 bridgehead atoms. The summed E-state index contributed by atoms with van der Waals surface area (Å²) in [5, 5.41) is 13.3. The van der Waals surface area contributed by atoms with Crippen molar-refractivity contribution in [3.8, 4) is 22.6 Å². The number of benzene rings is 1. The summed E-state index contributed by atoms with van der Waals surface area (Å²) in [6.45, 7) is 12.3. The number of anilines is 1. The van der Waals surface area contributed by atoms with E-state index in [0.717, 1.165) is 61.7 Å². The van der Waals surface area contributed by atoms with Gasteiger partial charge in [-0.2, -0.15) is 5.10 Å². The van der Waals surface area contributed by atoms with Gasteiger partial charge in [0.05, 0.1) is 28.6 Å². The monoisotopic (exact) mass is 490 g/mol. The molecule has 37 heavy (non-hydrogen) atoms. The minimum Gasteiger partial charge on any atom is -0.358 e. The molecule has 5 rings (SSSR count). The summed E-state index contributed by atoms with van der Waals surface area (Å²) < 4.78 is 13.8. The number of nitrogens with zero attached hydrogens (tertiary/aromatic N) is 3. The van der Waals surface area contributed by atoms with Gasteiger partial charge in [-0.15, -0.1) is 0 Å². The number of hydrogen-bond acceptors (Lipinski definition) is 4. The maximum absolute atomic E-state index is 13.8. The zero-order chi connectivity index (χ0) is 25.9. The van der Waals surface area contributed by atoms with Crippen molar-refractivity contribution in [1.82, 2.24) is 25.1 Å². The van der Waals surface area contributed by atoms with Crippen molar-refractivity contribution >= 4 is 34.8 Å². The number of rotatable bonds is 7. The van der Waals surface area contributed by atoms with E-state index in [4.69, 9.17) is 0 Å². The van der Waals surface area contributed by atoms with Crippen molar-refractivity contribution in [3.63, 3.8) is 0 Å². The van der Waals surface area contributed by atoms with E-state index in [1.54, 1.807) is 18.5 Å². The van der Waals surface area contributed by atoms with Crippen LogP contribution < -0.4 is 15.9 Å². The average molecular weight is 491 g/mol. The first-order valence-corrected chi connectivity index (χ1v) is 12.0. The number of fused-ring (bicyclic) bond motifs is 1. The van der Waals surface area contributed by atoms with Gasteiger partial charge in [0, 0.05) is 39.8 Å². The number of halogens is 1. The van der Waals surface area contributed by atoms with Crippen LogP contribution in [0.3, 0.4) is 0 Å². The third-order valence-electron chi connectivity index (χ3n) is 6.24. The normalized spacial score (nSPS) is 12.3. The Balaban J connectivity index is 1.47. The minimum absolute atomic E-state index is 0.298. The molecule has 0 aliphatic heterocycles. The SMILES string of the molecule is C=C(CC)Nc1cncc(/C(C)=C/C=c2/[nH]nc(-c3cc4c(-c5cccc(F)c5)nccc4[nH]3)c2=C)c1. The van der Waals surface area contributed by atoms with Crippen molar-refractivity contribution < 1.29 is 4.39 Å². The van der Waals surface area contributed by atoms with Gasteiger partial charge in [-0.25, -0.2) is 4.39 Å². The van der Waals surface area contributed by atoms with E-state index in [9.17, 15) is 4.39 Å². The molecule has 5 aromatic rings. The maximum atomic E-state index is 13.8. The molecule has 4 aromatic heterocycles. The largest absolute Gasteiger partial charge is 0.358 e. The van der Waals surface area contributed by atoms with Crippen LogP contribution in [0.25, 0.3) is 51.8 Å². The summed E-state index contributed by atoms with van der Waals surface area (Å²) in [7, 11) is 0. The van der Waals surface area contributed by atoms with E-state index in [1.165, 1.54) is 12.1 Å². The summed E-state index contributed by atoms with van der Waals surface area (Å²) in [4.78, 5) is 12.2. The van der Waals surface area contributed by atoms with Gasteiger partial charge in [-0.05, 0) is 60.9 Å². The molecule has 4 heterocycles. The van der Waals surface area contributed by atoms with E-state index >= 15 is 0 Å². The molecular weight excluding hydrogens is 463 g/mol.